The molecule has 2 N–H and O–H groups in total. The molecule has 0 aliphatic rings. The number of aryl methyl sites for hydroxylation is 1. The second kappa shape index (κ2) is 7.11. The lowest BCUT2D eigenvalue weighted by Crippen LogP contribution is -2.34. The van der Waals surface area contributed by atoms with Gasteiger partial charge in [0.25, 0.3) is 0 Å². The molecule has 0 aromatic heterocycles. The number of urea groups is 1. The molecule has 0 saturated carbocycles. The molecule has 116 valence electrons. The Labute approximate surface area is 126 Å². The summed E-state index contributed by atoms with van der Waals surface area (Å²) in [6.45, 7) is 8.43. The first-order chi connectivity index (χ1) is 9.76. The molecular formula is C16H24N2O3. The van der Waals surface area contributed by atoms with Gasteiger partial charge in [-0.15, -0.1) is 0 Å². The number of rotatable bonds is 5. The number of carbonyl (C=O) groups is 2. The average molecular weight is 292 g/mol. The summed E-state index contributed by atoms with van der Waals surface area (Å²) in [7, 11) is 1.74. The van der Waals surface area contributed by atoms with Crippen molar-refractivity contribution in [2.24, 2.45) is 5.92 Å². The minimum Gasteiger partial charge on any atom is -0.478 e. The zero-order chi connectivity index (χ0) is 16.2. The number of benzene rings is 1. The van der Waals surface area contributed by atoms with Crippen molar-refractivity contribution in [3.05, 3.63) is 28.8 Å². The largest absolute Gasteiger partial charge is 0.478 e. The van der Waals surface area contributed by atoms with Crippen LogP contribution in [0.25, 0.3) is 0 Å². The number of nitrogens with zero attached hydrogens (tertiary/aromatic N) is 1. The van der Waals surface area contributed by atoms with Crippen LogP contribution in [0, 0.1) is 19.8 Å². The molecule has 0 fully saturated rings. The number of hydrogen-bond donors (Lipinski definition) is 2. The third-order valence-corrected chi connectivity index (χ3v) is 3.78. The Morgan fingerprint density at radius 3 is 2.48 bits per heavy atom. The first-order valence-corrected chi connectivity index (χ1v) is 7.12. The molecule has 21 heavy (non-hydrogen) atoms. The Morgan fingerprint density at radius 1 is 1.33 bits per heavy atom. The Bertz CT molecular complexity index is 541. The highest BCUT2D eigenvalue weighted by molar-refractivity contribution is 5.94. The van der Waals surface area contributed by atoms with Gasteiger partial charge >= 0.3 is 12.0 Å². The van der Waals surface area contributed by atoms with E-state index in [0.29, 0.717) is 23.7 Å². The Hall–Kier alpha value is -2.04. The second-order valence-electron chi connectivity index (χ2n) is 5.59. The van der Waals surface area contributed by atoms with Crippen molar-refractivity contribution < 1.29 is 14.7 Å². The highest BCUT2D eigenvalue weighted by Gasteiger charge is 2.15. The summed E-state index contributed by atoms with van der Waals surface area (Å²) in [5, 5.41) is 11.9. The van der Waals surface area contributed by atoms with Crippen LogP contribution in [-0.4, -0.2) is 35.6 Å². The van der Waals surface area contributed by atoms with E-state index in [2.05, 4.69) is 19.2 Å². The Kier molecular flexibility index (Phi) is 5.76. The Balaban J connectivity index is 2.88. The van der Waals surface area contributed by atoms with E-state index in [4.69, 9.17) is 0 Å². The molecule has 0 radical (unpaired) electrons. The third kappa shape index (κ3) is 4.48. The van der Waals surface area contributed by atoms with Gasteiger partial charge in [0.2, 0.25) is 0 Å². The molecule has 1 atom stereocenters. The first-order valence-electron chi connectivity index (χ1n) is 7.12. The van der Waals surface area contributed by atoms with Crippen LogP contribution in [0.4, 0.5) is 10.5 Å². The summed E-state index contributed by atoms with van der Waals surface area (Å²) in [6.07, 6.45) is 1.00. The normalized spacial score (nSPS) is 11.9. The van der Waals surface area contributed by atoms with E-state index in [1.165, 1.54) is 6.07 Å². The number of aromatic carboxylic acids is 1. The highest BCUT2D eigenvalue weighted by Crippen LogP contribution is 2.20. The first kappa shape index (κ1) is 17.0. The van der Waals surface area contributed by atoms with Gasteiger partial charge in [0.05, 0.1) is 5.56 Å². The molecule has 1 rings (SSSR count). The van der Waals surface area contributed by atoms with Gasteiger partial charge in [-0.2, -0.15) is 0 Å². The van der Waals surface area contributed by atoms with Gasteiger partial charge in [-0.25, -0.2) is 9.59 Å². The fraction of sp³-hybridized carbons (Fsp3) is 0.500. The van der Waals surface area contributed by atoms with Gasteiger partial charge in [-0.05, 0) is 43.0 Å². The minimum atomic E-state index is -0.986. The summed E-state index contributed by atoms with van der Waals surface area (Å²) in [5.74, 6) is -0.560. The summed E-state index contributed by atoms with van der Waals surface area (Å²) < 4.78 is 0. The van der Waals surface area contributed by atoms with E-state index >= 15 is 0 Å². The summed E-state index contributed by atoms with van der Waals surface area (Å²) >= 11 is 0. The topological polar surface area (TPSA) is 69.6 Å². The molecule has 0 bridgehead atoms. The van der Waals surface area contributed by atoms with Crippen molar-refractivity contribution in [1.29, 1.82) is 0 Å². The van der Waals surface area contributed by atoms with Crippen LogP contribution >= 0.6 is 0 Å². The molecule has 0 spiro atoms. The van der Waals surface area contributed by atoms with Crippen LogP contribution in [-0.2, 0) is 0 Å². The monoisotopic (exact) mass is 292 g/mol. The van der Waals surface area contributed by atoms with Crippen LogP contribution in [0.3, 0.4) is 0 Å². The Morgan fingerprint density at radius 2 is 1.95 bits per heavy atom. The maximum atomic E-state index is 12.1. The van der Waals surface area contributed by atoms with E-state index in [0.717, 1.165) is 12.0 Å². The smallest absolute Gasteiger partial charge is 0.336 e. The molecule has 5 nitrogen and oxygen atoms in total. The van der Waals surface area contributed by atoms with Crippen molar-refractivity contribution in [1.82, 2.24) is 4.90 Å². The molecule has 1 unspecified atom stereocenters. The standard InChI is InChI=1S/C16H24N2O3/c1-6-10(2)9-18(5)16(21)17-13-7-11(3)12(4)14(8-13)15(19)20/h7-8,10H,6,9H2,1-5H3,(H,17,21)(H,19,20). The lowest BCUT2D eigenvalue weighted by atomic mass is 10.0. The number of carbonyl (C=O) groups excluding carboxylic acids is 1. The van der Waals surface area contributed by atoms with E-state index in [1.807, 2.05) is 6.92 Å². The van der Waals surface area contributed by atoms with Crippen molar-refractivity contribution in [3.63, 3.8) is 0 Å². The average Bonchev–Trinajstić information content (AvgIpc) is 2.41. The third-order valence-electron chi connectivity index (χ3n) is 3.78. The van der Waals surface area contributed by atoms with Gasteiger partial charge in [0.1, 0.15) is 0 Å². The van der Waals surface area contributed by atoms with Gasteiger partial charge in [0.15, 0.2) is 0 Å². The van der Waals surface area contributed by atoms with Gasteiger partial charge in [-0.1, -0.05) is 20.3 Å². The van der Waals surface area contributed by atoms with Gasteiger partial charge in [0, 0.05) is 19.3 Å². The number of carboxylic acids is 1. The molecule has 0 heterocycles. The quantitative estimate of drug-likeness (QED) is 0.872. The van der Waals surface area contributed by atoms with Crippen LogP contribution in [0.2, 0.25) is 0 Å². The van der Waals surface area contributed by atoms with Gasteiger partial charge in [-0.3, -0.25) is 0 Å². The summed E-state index contributed by atoms with van der Waals surface area (Å²) in [5.41, 5.74) is 2.29. The fourth-order valence-corrected chi connectivity index (χ4v) is 2.05. The zero-order valence-corrected chi connectivity index (χ0v) is 13.4. The lowest BCUT2D eigenvalue weighted by Gasteiger charge is -2.21. The van der Waals surface area contributed by atoms with Crippen molar-refractivity contribution >= 4 is 17.7 Å². The molecular weight excluding hydrogens is 268 g/mol. The SMILES string of the molecule is CCC(C)CN(C)C(=O)Nc1cc(C)c(C)c(C(=O)O)c1. The van der Waals surface area contributed by atoms with Crippen LogP contribution in [0.1, 0.15) is 41.8 Å². The maximum Gasteiger partial charge on any atom is 0.336 e. The number of hydrogen-bond acceptors (Lipinski definition) is 2. The molecule has 0 aliphatic carbocycles. The predicted octanol–water partition coefficient (Wildman–Crippen LogP) is 3.51. The minimum absolute atomic E-state index is 0.217. The van der Waals surface area contributed by atoms with Crippen LogP contribution < -0.4 is 5.32 Å². The summed E-state index contributed by atoms with van der Waals surface area (Å²) in [4.78, 5) is 24.9. The molecule has 1 aromatic rings. The van der Waals surface area contributed by atoms with Crippen LogP contribution in [0.15, 0.2) is 12.1 Å². The molecule has 0 aliphatic heterocycles. The van der Waals surface area contributed by atoms with Gasteiger partial charge < -0.3 is 15.3 Å². The van der Waals surface area contributed by atoms with E-state index < -0.39 is 5.97 Å². The predicted molar refractivity (Wildman–Crippen MR) is 84.0 cm³/mol. The molecule has 1 aromatic carbocycles. The van der Waals surface area contributed by atoms with E-state index in [9.17, 15) is 14.7 Å². The summed E-state index contributed by atoms with van der Waals surface area (Å²) in [6, 6.07) is 3.06. The fourth-order valence-electron chi connectivity index (χ4n) is 2.05. The number of nitrogens with one attached hydrogen (secondary N) is 1. The second-order valence-corrected chi connectivity index (χ2v) is 5.59. The maximum absolute atomic E-state index is 12.1. The molecule has 2 amide bonds. The zero-order valence-electron chi connectivity index (χ0n) is 13.4. The van der Waals surface area contributed by atoms with Crippen LogP contribution in [0.5, 0.6) is 0 Å². The van der Waals surface area contributed by atoms with Crippen molar-refractivity contribution in [2.75, 3.05) is 18.9 Å². The van der Waals surface area contributed by atoms with Crippen molar-refractivity contribution in [3.8, 4) is 0 Å². The van der Waals surface area contributed by atoms with Crippen molar-refractivity contribution in [2.45, 2.75) is 34.1 Å². The number of carboxylic acid groups (broad SMARTS) is 1. The molecule has 5 heteroatoms. The molecule has 0 saturated heterocycles. The number of amides is 2. The highest BCUT2D eigenvalue weighted by atomic mass is 16.4. The lowest BCUT2D eigenvalue weighted by molar-refractivity contribution is 0.0696. The number of anilines is 1. The van der Waals surface area contributed by atoms with E-state index in [1.54, 1.807) is 24.9 Å². The van der Waals surface area contributed by atoms with E-state index in [-0.39, 0.29) is 11.6 Å².